The minimum absolute atomic E-state index is 0.223. The number of nitrogens with two attached hydrogens (primary N) is 1. The van der Waals surface area contributed by atoms with Crippen LogP contribution in [-0.2, 0) is 0 Å². The van der Waals surface area contributed by atoms with E-state index in [4.69, 9.17) is 15.2 Å². The van der Waals surface area contributed by atoms with Crippen LogP contribution >= 0.6 is 0 Å². The highest BCUT2D eigenvalue weighted by molar-refractivity contribution is 5.54. The van der Waals surface area contributed by atoms with E-state index in [0.29, 0.717) is 19.2 Å². The summed E-state index contributed by atoms with van der Waals surface area (Å²) >= 11 is 0. The number of anilines is 2. The lowest BCUT2D eigenvalue weighted by molar-refractivity contribution is 0.169. The van der Waals surface area contributed by atoms with E-state index < -0.39 is 0 Å². The smallest absolute Gasteiger partial charge is 0.222 e. The number of benzene rings is 1. The minimum Gasteiger partial charge on any atom is -0.486 e. The van der Waals surface area contributed by atoms with Crippen molar-refractivity contribution in [3.63, 3.8) is 0 Å². The van der Waals surface area contributed by atoms with E-state index in [9.17, 15) is 0 Å². The van der Waals surface area contributed by atoms with Crippen molar-refractivity contribution < 1.29 is 9.47 Å². The molecule has 3 heterocycles. The Bertz CT molecular complexity index is 714. The Labute approximate surface area is 135 Å². The molecule has 0 bridgehead atoms. The fourth-order valence-corrected chi connectivity index (χ4v) is 3.44. The lowest BCUT2D eigenvalue weighted by Crippen LogP contribution is -2.26. The Morgan fingerprint density at radius 2 is 2.09 bits per heavy atom. The van der Waals surface area contributed by atoms with Crippen LogP contribution in [0.1, 0.15) is 30.1 Å². The van der Waals surface area contributed by atoms with Crippen LogP contribution < -0.4 is 20.1 Å². The number of aryl methyl sites for hydroxylation is 1. The fraction of sp³-hybridized carbons (Fsp3) is 0.412. The third-order valence-electron chi connectivity index (χ3n) is 4.36. The van der Waals surface area contributed by atoms with Crippen LogP contribution in [0, 0.1) is 6.92 Å². The quantitative estimate of drug-likeness (QED) is 0.918. The number of para-hydroxylation sites is 1. The molecule has 1 aromatic carbocycles. The van der Waals surface area contributed by atoms with E-state index in [1.165, 1.54) is 0 Å². The first-order valence-corrected chi connectivity index (χ1v) is 7.99. The van der Waals surface area contributed by atoms with Crippen LogP contribution in [0.5, 0.6) is 11.5 Å². The molecule has 0 spiro atoms. The van der Waals surface area contributed by atoms with Crippen molar-refractivity contribution in [2.75, 3.05) is 30.4 Å². The van der Waals surface area contributed by atoms with E-state index in [2.05, 4.69) is 20.9 Å². The molecule has 2 aromatic rings. The van der Waals surface area contributed by atoms with Gasteiger partial charge in [-0.1, -0.05) is 12.1 Å². The molecule has 0 saturated carbocycles. The zero-order chi connectivity index (χ0) is 15.8. The monoisotopic (exact) mass is 312 g/mol. The predicted octanol–water partition coefficient (Wildman–Crippen LogP) is 2.48. The van der Waals surface area contributed by atoms with Crippen molar-refractivity contribution in [2.24, 2.45) is 0 Å². The van der Waals surface area contributed by atoms with Crippen LogP contribution in [-0.4, -0.2) is 29.7 Å². The summed E-state index contributed by atoms with van der Waals surface area (Å²) in [7, 11) is 0. The molecule has 2 N–H and O–H groups in total. The standard InChI is InChI=1S/C17H20N4O2/c1-11-10-15(20-17(18)19-11)21-7-3-5-13(21)12-4-2-6-14-16(12)23-9-8-22-14/h2,4,6,10,13H,3,5,7-9H2,1H3,(H2,18,19,20)/t13-/m1/s1. The average Bonchev–Trinajstić information content (AvgIpc) is 3.03. The van der Waals surface area contributed by atoms with Gasteiger partial charge in [-0.25, -0.2) is 4.98 Å². The van der Waals surface area contributed by atoms with Gasteiger partial charge in [0.2, 0.25) is 5.95 Å². The number of hydrogen-bond donors (Lipinski definition) is 1. The summed E-state index contributed by atoms with van der Waals surface area (Å²) in [6.45, 7) is 4.09. The molecule has 4 rings (SSSR count). The van der Waals surface area contributed by atoms with E-state index in [0.717, 1.165) is 48.0 Å². The van der Waals surface area contributed by atoms with Crippen LogP contribution in [0.4, 0.5) is 11.8 Å². The SMILES string of the molecule is Cc1cc(N2CCC[C@@H]2c2cccc3c2OCCO3)nc(N)n1. The van der Waals surface area contributed by atoms with Crippen molar-refractivity contribution in [3.05, 3.63) is 35.5 Å². The Hall–Kier alpha value is -2.50. The van der Waals surface area contributed by atoms with Crippen molar-refractivity contribution in [1.82, 2.24) is 9.97 Å². The molecule has 1 atom stereocenters. The largest absolute Gasteiger partial charge is 0.486 e. The Morgan fingerprint density at radius 1 is 1.22 bits per heavy atom. The summed E-state index contributed by atoms with van der Waals surface area (Å²) in [6.07, 6.45) is 2.17. The molecule has 0 amide bonds. The summed E-state index contributed by atoms with van der Waals surface area (Å²) in [5.74, 6) is 2.90. The minimum atomic E-state index is 0.223. The van der Waals surface area contributed by atoms with Gasteiger partial charge in [-0.3, -0.25) is 0 Å². The molecule has 0 aliphatic carbocycles. The van der Waals surface area contributed by atoms with Crippen molar-refractivity contribution >= 4 is 11.8 Å². The predicted molar refractivity (Wildman–Crippen MR) is 87.9 cm³/mol. The lowest BCUT2D eigenvalue weighted by Gasteiger charge is -2.29. The highest BCUT2D eigenvalue weighted by Gasteiger charge is 2.31. The maximum atomic E-state index is 5.89. The van der Waals surface area contributed by atoms with Gasteiger partial charge in [0.25, 0.3) is 0 Å². The molecule has 1 saturated heterocycles. The van der Waals surface area contributed by atoms with Crippen LogP contribution in [0.15, 0.2) is 24.3 Å². The number of nitrogens with zero attached hydrogens (tertiary/aromatic N) is 3. The second-order valence-corrected chi connectivity index (χ2v) is 5.95. The molecule has 6 nitrogen and oxygen atoms in total. The summed E-state index contributed by atoms with van der Waals surface area (Å²) in [5.41, 5.74) is 7.87. The second kappa shape index (κ2) is 5.61. The van der Waals surface area contributed by atoms with Crippen LogP contribution in [0.25, 0.3) is 0 Å². The van der Waals surface area contributed by atoms with Gasteiger partial charge in [0.15, 0.2) is 11.5 Å². The summed E-state index contributed by atoms with van der Waals surface area (Å²) < 4.78 is 11.6. The fourth-order valence-electron chi connectivity index (χ4n) is 3.44. The highest BCUT2D eigenvalue weighted by atomic mass is 16.6. The van der Waals surface area contributed by atoms with Gasteiger partial charge >= 0.3 is 0 Å². The summed E-state index contributed by atoms with van der Waals surface area (Å²) in [6, 6.07) is 8.32. The molecule has 23 heavy (non-hydrogen) atoms. The van der Waals surface area contributed by atoms with Crippen LogP contribution in [0.3, 0.4) is 0 Å². The lowest BCUT2D eigenvalue weighted by atomic mass is 10.0. The van der Waals surface area contributed by atoms with Gasteiger partial charge in [-0.2, -0.15) is 4.98 Å². The zero-order valence-corrected chi connectivity index (χ0v) is 13.2. The molecule has 2 aliphatic heterocycles. The second-order valence-electron chi connectivity index (χ2n) is 5.95. The summed E-state index contributed by atoms with van der Waals surface area (Å²) in [4.78, 5) is 10.9. The first-order valence-electron chi connectivity index (χ1n) is 7.99. The zero-order valence-electron chi connectivity index (χ0n) is 13.2. The molecular weight excluding hydrogens is 292 g/mol. The van der Waals surface area contributed by atoms with Gasteiger partial charge < -0.3 is 20.1 Å². The Kier molecular flexibility index (Phi) is 3.44. The molecule has 2 aliphatic rings. The molecular formula is C17H20N4O2. The third-order valence-corrected chi connectivity index (χ3v) is 4.36. The molecule has 1 fully saturated rings. The molecule has 1 aromatic heterocycles. The van der Waals surface area contributed by atoms with Gasteiger partial charge in [0, 0.05) is 23.9 Å². The van der Waals surface area contributed by atoms with E-state index in [1.807, 2.05) is 25.1 Å². The number of rotatable bonds is 2. The number of ether oxygens (including phenoxy) is 2. The van der Waals surface area contributed by atoms with Gasteiger partial charge in [-0.05, 0) is 25.8 Å². The van der Waals surface area contributed by atoms with Gasteiger partial charge in [-0.15, -0.1) is 0 Å². The molecule has 0 unspecified atom stereocenters. The number of nitrogen functional groups attached to an aromatic ring is 1. The maximum absolute atomic E-state index is 5.89. The number of hydrogen-bond acceptors (Lipinski definition) is 6. The number of fused-ring (bicyclic) bond motifs is 1. The average molecular weight is 312 g/mol. The molecule has 0 radical (unpaired) electrons. The Morgan fingerprint density at radius 3 is 2.96 bits per heavy atom. The first-order chi connectivity index (χ1) is 11.2. The van der Waals surface area contributed by atoms with E-state index in [-0.39, 0.29) is 6.04 Å². The maximum Gasteiger partial charge on any atom is 0.222 e. The first kappa shape index (κ1) is 14.1. The van der Waals surface area contributed by atoms with Crippen molar-refractivity contribution in [3.8, 4) is 11.5 Å². The number of aromatic nitrogens is 2. The highest BCUT2D eigenvalue weighted by Crippen LogP contribution is 2.44. The Balaban J connectivity index is 1.74. The molecule has 120 valence electrons. The van der Waals surface area contributed by atoms with Crippen molar-refractivity contribution in [1.29, 1.82) is 0 Å². The third kappa shape index (κ3) is 2.54. The van der Waals surface area contributed by atoms with Crippen molar-refractivity contribution in [2.45, 2.75) is 25.8 Å². The molecule has 6 heteroatoms. The van der Waals surface area contributed by atoms with Gasteiger partial charge in [0.1, 0.15) is 19.0 Å². The van der Waals surface area contributed by atoms with E-state index >= 15 is 0 Å². The summed E-state index contributed by atoms with van der Waals surface area (Å²) in [5, 5.41) is 0. The van der Waals surface area contributed by atoms with Gasteiger partial charge in [0.05, 0.1) is 6.04 Å². The van der Waals surface area contributed by atoms with Crippen LogP contribution in [0.2, 0.25) is 0 Å². The van der Waals surface area contributed by atoms with E-state index in [1.54, 1.807) is 0 Å². The topological polar surface area (TPSA) is 73.5 Å². The normalized spacial score (nSPS) is 19.9.